The van der Waals surface area contributed by atoms with Crippen LogP contribution in [-0.4, -0.2) is 25.8 Å². The summed E-state index contributed by atoms with van der Waals surface area (Å²) in [6, 6.07) is 10.8. The van der Waals surface area contributed by atoms with E-state index in [-0.39, 0.29) is 12.4 Å². The summed E-state index contributed by atoms with van der Waals surface area (Å²) >= 11 is 0. The van der Waals surface area contributed by atoms with Crippen LogP contribution in [0.2, 0.25) is 0 Å². The van der Waals surface area contributed by atoms with Gasteiger partial charge in [-0.2, -0.15) is 4.31 Å². The van der Waals surface area contributed by atoms with Crippen LogP contribution in [0.25, 0.3) is 10.8 Å². The number of piperidine rings is 1. The Balaban J connectivity index is 0.00000182. The van der Waals surface area contributed by atoms with Gasteiger partial charge in [0.2, 0.25) is 10.0 Å². The summed E-state index contributed by atoms with van der Waals surface area (Å²) in [6.45, 7) is 1.09. The fourth-order valence-electron chi connectivity index (χ4n) is 3.68. The van der Waals surface area contributed by atoms with Crippen LogP contribution in [0.4, 0.5) is 5.69 Å². The highest BCUT2D eigenvalue weighted by Gasteiger charge is 2.33. The van der Waals surface area contributed by atoms with Crippen molar-refractivity contribution in [3.63, 3.8) is 0 Å². The summed E-state index contributed by atoms with van der Waals surface area (Å²) in [7, 11) is -3.53. The number of nitrogens with zero attached hydrogens (tertiary/aromatic N) is 1. The zero-order chi connectivity index (χ0) is 16.7. The van der Waals surface area contributed by atoms with Gasteiger partial charge >= 0.3 is 0 Å². The molecule has 6 heteroatoms. The van der Waals surface area contributed by atoms with E-state index in [0.717, 1.165) is 18.2 Å². The number of halogens is 1. The van der Waals surface area contributed by atoms with Gasteiger partial charge in [0, 0.05) is 29.5 Å². The topological polar surface area (TPSA) is 63.4 Å². The standard InChI is InChI=1S/C19H20N2O2S.ClH/c20-18-9-3-8-17-16(18)7-4-10-19(17)24(22,23)21-12-11-14-5-1-2-6-15(14)13-21;/h1-5,7-10,15H,6,11-13,20H2;1H. The number of benzene rings is 2. The number of fused-ring (bicyclic) bond motifs is 2. The molecule has 1 atom stereocenters. The molecule has 1 aliphatic heterocycles. The third-order valence-electron chi connectivity index (χ3n) is 5.00. The molecule has 2 aliphatic rings. The smallest absolute Gasteiger partial charge is 0.243 e. The second-order valence-electron chi connectivity index (χ2n) is 6.41. The van der Waals surface area contributed by atoms with Crippen molar-refractivity contribution in [2.75, 3.05) is 18.8 Å². The molecule has 0 amide bonds. The van der Waals surface area contributed by atoms with Crippen LogP contribution in [0.3, 0.4) is 0 Å². The summed E-state index contributed by atoms with van der Waals surface area (Å²) in [5, 5.41) is 1.49. The second kappa shape index (κ2) is 6.83. The van der Waals surface area contributed by atoms with E-state index < -0.39 is 10.0 Å². The van der Waals surface area contributed by atoms with Crippen molar-refractivity contribution in [3.8, 4) is 0 Å². The normalized spacial score (nSPS) is 20.6. The molecule has 0 bridgehead atoms. The van der Waals surface area contributed by atoms with Gasteiger partial charge < -0.3 is 5.73 Å². The van der Waals surface area contributed by atoms with Crippen molar-refractivity contribution < 1.29 is 8.42 Å². The van der Waals surface area contributed by atoms with Crippen LogP contribution in [0, 0.1) is 5.92 Å². The number of hydrogen-bond acceptors (Lipinski definition) is 3. The molecule has 0 spiro atoms. The fraction of sp³-hybridized carbons (Fsp3) is 0.263. The number of hydrogen-bond donors (Lipinski definition) is 1. The van der Waals surface area contributed by atoms with Crippen molar-refractivity contribution >= 4 is 38.9 Å². The maximum absolute atomic E-state index is 13.2. The second-order valence-corrected chi connectivity index (χ2v) is 8.32. The highest BCUT2D eigenvalue weighted by molar-refractivity contribution is 7.89. The first-order valence-corrected chi connectivity index (χ1v) is 9.64. The molecule has 1 unspecified atom stereocenters. The van der Waals surface area contributed by atoms with Gasteiger partial charge in [-0.3, -0.25) is 0 Å². The number of anilines is 1. The van der Waals surface area contributed by atoms with Crippen LogP contribution in [-0.2, 0) is 10.0 Å². The molecule has 0 saturated carbocycles. The molecule has 1 heterocycles. The van der Waals surface area contributed by atoms with Crippen molar-refractivity contribution in [1.29, 1.82) is 0 Å². The molecule has 132 valence electrons. The Labute approximate surface area is 154 Å². The highest BCUT2D eigenvalue weighted by Crippen LogP contribution is 2.34. The number of rotatable bonds is 2. The molecule has 2 aromatic rings. The van der Waals surface area contributed by atoms with Crippen LogP contribution in [0.15, 0.2) is 65.1 Å². The molecule has 1 fully saturated rings. The van der Waals surface area contributed by atoms with Crippen molar-refractivity contribution in [1.82, 2.24) is 4.31 Å². The third kappa shape index (κ3) is 3.08. The van der Waals surface area contributed by atoms with Gasteiger partial charge in [0.1, 0.15) is 0 Å². The Kier molecular flexibility index (Phi) is 4.91. The lowest BCUT2D eigenvalue weighted by Gasteiger charge is -2.34. The highest BCUT2D eigenvalue weighted by atomic mass is 35.5. The first-order valence-electron chi connectivity index (χ1n) is 8.20. The van der Waals surface area contributed by atoms with E-state index in [1.807, 2.05) is 12.1 Å². The molecule has 2 aromatic carbocycles. The molecule has 2 N–H and O–H groups in total. The van der Waals surface area contributed by atoms with Gasteiger partial charge in [-0.15, -0.1) is 12.4 Å². The number of sulfonamides is 1. The molecule has 4 nitrogen and oxygen atoms in total. The van der Waals surface area contributed by atoms with E-state index in [1.54, 1.807) is 28.6 Å². The lowest BCUT2D eigenvalue weighted by molar-refractivity contribution is 0.323. The molecular weight excluding hydrogens is 356 g/mol. The van der Waals surface area contributed by atoms with Crippen LogP contribution < -0.4 is 5.73 Å². The molecule has 0 radical (unpaired) electrons. The van der Waals surface area contributed by atoms with Gasteiger partial charge in [0.05, 0.1) is 4.90 Å². The molecule has 0 aromatic heterocycles. The maximum atomic E-state index is 13.2. The minimum Gasteiger partial charge on any atom is -0.398 e. The molecule has 4 rings (SSSR count). The minimum absolute atomic E-state index is 0. The molecule has 1 saturated heterocycles. The quantitative estimate of drug-likeness (QED) is 0.812. The Bertz CT molecular complexity index is 967. The van der Waals surface area contributed by atoms with Gasteiger partial charge in [-0.25, -0.2) is 8.42 Å². The average Bonchev–Trinajstić information content (AvgIpc) is 2.61. The van der Waals surface area contributed by atoms with Crippen molar-refractivity contribution in [2.45, 2.75) is 17.7 Å². The third-order valence-corrected chi connectivity index (χ3v) is 6.92. The van der Waals surface area contributed by atoms with Crippen molar-refractivity contribution in [2.24, 2.45) is 5.92 Å². The monoisotopic (exact) mass is 376 g/mol. The zero-order valence-electron chi connectivity index (χ0n) is 13.8. The van der Waals surface area contributed by atoms with Crippen LogP contribution in [0.5, 0.6) is 0 Å². The minimum atomic E-state index is -3.53. The van der Waals surface area contributed by atoms with Crippen LogP contribution >= 0.6 is 12.4 Å². The fourth-order valence-corrected chi connectivity index (χ4v) is 5.37. The zero-order valence-corrected chi connectivity index (χ0v) is 15.4. The number of nitrogens with two attached hydrogens (primary N) is 1. The summed E-state index contributed by atoms with van der Waals surface area (Å²) in [6.07, 6.45) is 8.05. The first kappa shape index (κ1) is 18.0. The lowest BCUT2D eigenvalue weighted by Crippen LogP contribution is -2.41. The van der Waals surface area contributed by atoms with E-state index in [4.69, 9.17) is 5.73 Å². The first-order chi connectivity index (χ1) is 11.6. The number of nitrogen functional groups attached to an aromatic ring is 1. The Morgan fingerprint density at radius 1 is 1.08 bits per heavy atom. The van der Waals surface area contributed by atoms with E-state index in [2.05, 4.69) is 18.2 Å². The van der Waals surface area contributed by atoms with E-state index in [9.17, 15) is 8.42 Å². The Morgan fingerprint density at radius 3 is 2.68 bits per heavy atom. The number of allylic oxidation sites excluding steroid dienone is 3. The Hall–Kier alpha value is -1.82. The van der Waals surface area contributed by atoms with Gasteiger partial charge in [-0.05, 0) is 30.9 Å². The summed E-state index contributed by atoms with van der Waals surface area (Å²) in [5.41, 5.74) is 7.98. The lowest BCUT2D eigenvalue weighted by atomic mass is 9.87. The maximum Gasteiger partial charge on any atom is 0.243 e. The predicted molar refractivity (Wildman–Crippen MR) is 104 cm³/mol. The van der Waals surface area contributed by atoms with Gasteiger partial charge in [0.25, 0.3) is 0 Å². The summed E-state index contributed by atoms with van der Waals surface area (Å²) < 4.78 is 28.1. The van der Waals surface area contributed by atoms with Gasteiger partial charge in [-0.1, -0.05) is 48.1 Å². The molecule has 1 aliphatic carbocycles. The van der Waals surface area contributed by atoms with Gasteiger partial charge in [0.15, 0.2) is 0 Å². The van der Waals surface area contributed by atoms with Crippen molar-refractivity contribution in [3.05, 3.63) is 60.2 Å². The van der Waals surface area contributed by atoms with E-state index >= 15 is 0 Å². The summed E-state index contributed by atoms with van der Waals surface area (Å²) in [4.78, 5) is 0.353. The SMILES string of the molecule is Cl.Nc1cccc2c(S(=O)(=O)N3CCC4=CC=CCC4C3)cccc12. The molecular formula is C19H21ClN2O2S. The largest absolute Gasteiger partial charge is 0.398 e. The molecule has 25 heavy (non-hydrogen) atoms. The Morgan fingerprint density at radius 2 is 1.84 bits per heavy atom. The predicted octanol–water partition coefficient (Wildman–Crippen LogP) is 3.74. The van der Waals surface area contributed by atoms with E-state index in [0.29, 0.717) is 35.0 Å². The van der Waals surface area contributed by atoms with E-state index in [1.165, 1.54) is 5.57 Å². The summed E-state index contributed by atoms with van der Waals surface area (Å²) in [5.74, 6) is 0.304. The average molecular weight is 377 g/mol. The van der Waals surface area contributed by atoms with Crippen LogP contribution in [0.1, 0.15) is 12.8 Å².